The Hall–Kier alpha value is -0.780. The van der Waals surface area contributed by atoms with Crippen molar-refractivity contribution in [2.45, 2.75) is 0 Å². The summed E-state index contributed by atoms with van der Waals surface area (Å²) in [7, 11) is 3.45. The third kappa shape index (κ3) is 6.68. The highest BCUT2D eigenvalue weighted by atomic mass is 31.1. The molecule has 2 nitrogen and oxygen atoms in total. The molecule has 0 radical (unpaired) electrons. The van der Waals surface area contributed by atoms with Crippen molar-refractivity contribution < 1.29 is 4.74 Å². The molecule has 0 aliphatic heterocycles. The van der Waals surface area contributed by atoms with Crippen molar-refractivity contribution in [1.29, 1.82) is 0 Å². The second kappa shape index (κ2) is 10.0. The molecule has 112 valence electrons. The van der Waals surface area contributed by atoms with Gasteiger partial charge in [-0.15, -0.1) is 0 Å². The molecule has 0 saturated heterocycles. The maximum Gasteiger partial charge on any atom is 0.0589 e. The van der Waals surface area contributed by atoms with E-state index in [1.165, 1.54) is 10.6 Å². The number of ether oxygens (including phenoxy) is 1. The Morgan fingerprint density at radius 3 is 1.71 bits per heavy atom. The summed E-state index contributed by atoms with van der Waals surface area (Å²) in [6.45, 7) is 1.81. The van der Waals surface area contributed by atoms with Crippen LogP contribution in [0.5, 0.6) is 0 Å². The number of hydrogen-bond acceptors (Lipinski definition) is 2. The van der Waals surface area contributed by atoms with Gasteiger partial charge in [0.15, 0.2) is 0 Å². The Balaban J connectivity index is 1.82. The van der Waals surface area contributed by atoms with Gasteiger partial charge in [0.2, 0.25) is 0 Å². The van der Waals surface area contributed by atoms with Crippen molar-refractivity contribution >= 4 is 27.8 Å². The van der Waals surface area contributed by atoms with Crippen molar-refractivity contribution in [3.8, 4) is 0 Å². The van der Waals surface area contributed by atoms with Crippen molar-refractivity contribution in [3.05, 3.63) is 60.7 Å². The minimum absolute atomic E-state index is 0.804. The molecule has 0 heterocycles. The molecule has 2 aromatic carbocycles. The first-order chi connectivity index (χ1) is 10.4. The first-order valence-corrected chi connectivity index (χ1v) is 9.59. The normalized spacial score (nSPS) is 12.1. The SMILES string of the molecule is COCCN(CPc1ccccc1)CPc1ccccc1. The van der Waals surface area contributed by atoms with E-state index >= 15 is 0 Å². The summed E-state index contributed by atoms with van der Waals surface area (Å²) < 4.78 is 5.24. The maximum absolute atomic E-state index is 5.24. The summed E-state index contributed by atoms with van der Waals surface area (Å²) in [5.41, 5.74) is 0. The van der Waals surface area contributed by atoms with E-state index in [1.807, 2.05) is 0 Å². The molecule has 4 heteroatoms. The van der Waals surface area contributed by atoms with E-state index < -0.39 is 0 Å². The molecule has 2 aromatic rings. The minimum Gasteiger partial charge on any atom is -0.383 e. The lowest BCUT2D eigenvalue weighted by molar-refractivity contribution is 0.167. The first kappa shape index (κ1) is 16.6. The van der Waals surface area contributed by atoms with Gasteiger partial charge in [0.05, 0.1) is 6.61 Å². The van der Waals surface area contributed by atoms with Gasteiger partial charge in [0.1, 0.15) is 0 Å². The van der Waals surface area contributed by atoms with Gasteiger partial charge < -0.3 is 4.74 Å². The Kier molecular flexibility index (Phi) is 7.92. The summed E-state index contributed by atoms with van der Waals surface area (Å²) in [6.07, 6.45) is 2.24. The van der Waals surface area contributed by atoms with Gasteiger partial charge in [0.25, 0.3) is 0 Å². The Bertz CT molecular complexity index is 449. The largest absolute Gasteiger partial charge is 0.383 e. The second-order valence-electron chi connectivity index (χ2n) is 4.79. The molecule has 0 bridgehead atoms. The quantitative estimate of drug-likeness (QED) is 0.659. The van der Waals surface area contributed by atoms with Crippen LogP contribution in [-0.4, -0.2) is 37.7 Å². The summed E-state index contributed by atoms with van der Waals surface area (Å²) >= 11 is 0. The fourth-order valence-electron chi connectivity index (χ4n) is 1.95. The number of benzene rings is 2. The van der Waals surface area contributed by atoms with E-state index in [0.717, 1.165) is 42.9 Å². The number of hydrogen-bond donors (Lipinski definition) is 0. The molecule has 0 spiro atoms. The van der Waals surface area contributed by atoms with Gasteiger partial charge in [0, 0.05) is 26.2 Å². The average molecular weight is 319 g/mol. The van der Waals surface area contributed by atoms with E-state index in [2.05, 4.69) is 65.6 Å². The van der Waals surface area contributed by atoms with Gasteiger partial charge in [-0.2, -0.15) is 0 Å². The average Bonchev–Trinajstić information content (AvgIpc) is 2.56. The number of nitrogens with zero attached hydrogens (tertiary/aromatic N) is 1. The zero-order valence-corrected chi connectivity index (χ0v) is 14.5. The molecule has 2 atom stereocenters. The standard InChI is InChI=1S/C17H23NOP2/c1-19-13-12-18(14-20-16-8-4-2-5-9-16)15-21-17-10-6-3-7-11-17/h2-11,20-21H,12-15H2,1H3. The Morgan fingerprint density at radius 2 is 1.29 bits per heavy atom. The van der Waals surface area contributed by atoms with Crippen LogP contribution in [0.25, 0.3) is 0 Å². The van der Waals surface area contributed by atoms with Gasteiger partial charge in [-0.1, -0.05) is 77.8 Å². The molecule has 0 N–H and O–H groups in total. The molecule has 21 heavy (non-hydrogen) atoms. The Labute approximate surface area is 131 Å². The highest BCUT2D eigenvalue weighted by molar-refractivity contribution is 7.48. The van der Waals surface area contributed by atoms with Gasteiger partial charge in [-0.3, -0.25) is 4.90 Å². The fraction of sp³-hybridized carbons (Fsp3) is 0.294. The lowest BCUT2D eigenvalue weighted by atomic mass is 10.4. The van der Waals surface area contributed by atoms with E-state index in [0.29, 0.717) is 0 Å². The van der Waals surface area contributed by atoms with Crippen LogP contribution in [0, 0.1) is 0 Å². The van der Waals surface area contributed by atoms with Crippen molar-refractivity contribution in [1.82, 2.24) is 4.90 Å². The summed E-state index contributed by atoms with van der Waals surface area (Å²) in [6, 6.07) is 21.5. The number of methoxy groups -OCH3 is 1. The predicted molar refractivity (Wildman–Crippen MR) is 97.1 cm³/mol. The van der Waals surface area contributed by atoms with E-state index in [1.54, 1.807) is 7.11 Å². The predicted octanol–water partition coefficient (Wildman–Crippen LogP) is 2.86. The van der Waals surface area contributed by atoms with Gasteiger partial charge >= 0.3 is 0 Å². The van der Waals surface area contributed by atoms with Crippen LogP contribution in [0.15, 0.2) is 60.7 Å². The van der Waals surface area contributed by atoms with Crippen molar-refractivity contribution in [2.24, 2.45) is 0 Å². The molecular weight excluding hydrogens is 296 g/mol. The molecule has 2 unspecified atom stereocenters. The third-order valence-corrected chi connectivity index (χ3v) is 5.87. The van der Waals surface area contributed by atoms with Gasteiger partial charge in [-0.25, -0.2) is 0 Å². The fourth-order valence-corrected chi connectivity index (χ4v) is 4.38. The van der Waals surface area contributed by atoms with E-state index in [9.17, 15) is 0 Å². The van der Waals surface area contributed by atoms with Crippen LogP contribution in [0.1, 0.15) is 0 Å². The van der Waals surface area contributed by atoms with Crippen molar-refractivity contribution in [2.75, 3.05) is 32.8 Å². The van der Waals surface area contributed by atoms with Crippen LogP contribution < -0.4 is 10.6 Å². The third-order valence-electron chi connectivity index (χ3n) is 3.17. The first-order valence-electron chi connectivity index (χ1n) is 7.17. The van der Waals surface area contributed by atoms with Crippen LogP contribution in [0.3, 0.4) is 0 Å². The highest BCUT2D eigenvalue weighted by Gasteiger charge is 2.05. The van der Waals surface area contributed by atoms with Crippen molar-refractivity contribution in [3.63, 3.8) is 0 Å². The molecule has 0 aliphatic rings. The van der Waals surface area contributed by atoms with Crippen LogP contribution in [-0.2, 0) is 4.74 Å². The molecule has 0 aliphatic carbocycles. The molecular formula is C17H23NOP2. The molecule has 0 fully saturated rings. The molecule has 0 saturated carbocycles. The molecule has 2 rings (SSSR count). The van der Waals surface area contributed by atoms with E-state index in [-0.39, 0.29) is 0 Å². The lowest BCUT2D eigenvalue weighted by Crippen LogP contribution is -2.27. The zero-order chi connectivity index (χ0) is 14.8. The number of rotatable bonds is 9. The smallest absolute Gasteiger partial charge is 0.0589 e. The summed E-state index contributed by atoms with van der Waals surface area (Å²) in [4.78, 5) is 2.51. The monoisotopic (exact) mass is 319 g/mol. The van der Waals surface area contributed by atoms with E-state index in [4.69, 9.17) is 4.74 Å². The second-order valence-corrected chi connectivity index (χ2v) is 7.28. The summed E-state index contributed by atoms with van der Waals surface area (Å²) in [5, 5.41) is 2.87. The van der Waals surface area contributed by atoms with Gasteiger partial charge in [-0.05, 0) is 10.6 Å². The van der Waals surface area contributed by atoms with Crippen LogP contribution in [0.2, 0.25) is 0 Å². The zero-order valence-electron chi connectivity index (χ0n) is 12.5. The molecule has 0 amide bonds. The minimum atomic E-state index is 0.804. The highest BCUT2D eigenvalue weighted by Crippen LogP contribution is 2.17. The lowest BCUT2D eigenvalue weighted by Gasteiger charge is -2.22. The molecule has 0 aromatic heterocycles. The van der Waals surface area contributed by atoms with Crippen LogP contribution in [0.4, 0.5) is 0 Å². The summed E-state index contributed by atoms with van der Waals surface area (Å²) in [5.74, 6) is 0. The van der Waals surface area contributed by atoms with Crippen LogP contribution >= 0.6 is 17.2 Å². The maximum atomic E-state index is 5.24. The Morgan fingerprint density at radius 1 is 0.810 bits per heavy atom. The topological polar surface area (TPSA) is 12.5 Å².